The summed E-state index contributed by atoms with van der Waals surface area (Å²) < 4.78 is 0. The zero-order valence-electron chi connectivity index (χ0n) is 15.3. The van der Waals surface area contributed by atoms with Crippen molar-refractivity contribution in [2.24, 2.45) is 0 Å². The van der Waals surface area contributed by atoms with Gasteiger partial charge in [-0.3, -0.25) is 25.8 Å². The molecule has 136 valence electrons. The molecule has 26 heavy (non-hydrogen) atoms. The molecule has 0 aliphatic heterocycles. The molecule has 6 heteroatoms. The molecule has 2 aromatic carbocycles. The second-order valence-electron chi connectivity index (χ2n) is 7.06. The van der Waals surface area contributed by atoms with Crippen molar-refractivity contribution in [3.05, 3.63) is 70.8 Å². The van der Waals surface area contributed by atoms with Crippen LogP contribution in [-0.4, -0.2) is 16.9 Å². The largest absolute Gasteiger partial charge is 0.298 e. The summed E-state index contributed by atoms with van der Waals surface area (Å²) >= 11 is 5.05. The van der Waals surface area contributed by atoms with Gasteiger partial charge in [-0.05, 0) is 54.4 Å². The van der Waals surface area contributed by atoms with Crippen LogP contribution in [0.2, 0.25) is 0 Å². The van der Waals surface area contributed by atoms with Crippen molar-refractivity contribution >= 4 is 29.1 Å². The van der Waals surface area contributed by atoms with E-state index in [4.69, 9.17) is 12.2 Å². The minimum absolute atomic E-state index is 0.0198. The van der Waals surface area contributed by atoms with E-state index in [1.807, 2.05) is 25.1 Å². The Kier molecular flexibility index (Phi) is 6.10. The quantitative estimate of drug-likeness (QED) is 0.561. The lowest BCUT2D eigenvalue weighted by molar-refractivity contribution is 0.0934. The van der Waals surface area contributed by atoms with Gasteiger partial charge in [0.25, 0.3) is 11.8 Å². The number of amides is 2. The van der Waals surface area contributed by atoms with Gasteiger partial charge in [-0.15, -0.1) is 0 Å². The molecule has 0 bridgehead atoms. The number of carbonyl (C=O) groups excluding carboxylic acids is 2. The predicted molar refractivity (Wildman–Crippen MR) is 107 cm³/mol. The highest BCUT2D eigenvalue weighted by Gasteiger charge is 2.15. The van der Waals surface area contributed by atoms with E-state index in [1.165, 1.54) is 0 Å². The van der Waals surface area contributed by atoms with Crippen LogP contribution in [-0.2, 0) is 5.41 Å². The van der Waals surface area contributed by atoms with Crippen molar-refractivity contribution < 1.29 is 9.59 Å². The van der Waals surface area contributed by atoms with Gasteiger partial charge in [0.1, 0.15) is 0 Å². The number of hydrogen-bond donors (Lipinski definition) is 3. The van der Waals surface area contributed by atoms with Crippen LogP contribution >= 0.6 is 12.2 Å². The lowest BCUT2D eigenvalue weighted by Crippen LogP contribution is -2.48. The third kappa shape index (κ3) is 5.39. The summed E-state index contributed by atoms with van der Waals surface area (Å²) in [4.78, 5) is 24.3. The number of benzene rings is 2. The topological polar surface area (TPSA) is 70.2 Å². The molecule has 0 radical (unpaired) electrons. The van der Waals surface area contributed by atoms with E-state index in [0.29, 0.717) is 11.1 Å². The second-order valence-corrected chi connectivity index (χ2v) is 7.47. The summed E-state index contributed by atoms with van der Waals surface area (Å²) in [7, 11) is 0. The van der Waals surface area contributed by atoms with E-state index in [0.717, 1.165) is 11.1 Å². The van der Waals surface area contributed by atoms with Crippen molar-refractivity contribution in [2.75, 3.05) is 0 Å². The van der Waals surface area contributed by atoms with Gasteiger partial charge in [0.05, 0.1) is 0 Å². The molecule has 0 spiro atoms. The van der Waals surface area contributed by atoms with E-state index < -0.39 is 0 Å². The Labute approximate surface area is 159 Å². The van der Waals surface area contributed by atoms with Crippen molar-refractivity contribution in [1.29, 1.82) is 0 Å². The van der Waals surface area contributed by atoms with Crippen LogP contribution in [0.25, 0.3) is 0 Å². The highest BCUT2D eigenvalue weighted by atomic mass is 32.1. The van der Waals surface area contributed by atoms with Crippen molar-refractivity contribution in [2.45, 2.75) is 33.1 Å². The predicted octanol–water partition coefficient (Wildman–Crippen LogP) is 3.24. The fourth-order valence-electron chi connectivity index (χ4n) is 2.30. The summed E-state index contributed by atoms with van der Waals surface area (Å²) in [5, 5.41) is 2.56. The van der Waals surface area contributed by atoms with Crippen LogP contribution in [0.1, 0.15) is 52.6 Å². The molecule has 0 atom stereocenters. The van der Waals surface area contributed by atoms with E-state index in [-0.39, 0.29) is 22.3 Å². The van der Waals surface area contributed by atoms with Gasteiger partial charge in [0, 0.05) is 11.1 Å². The average molecular weight is 369 g/mol. The Hall–Kier alpha value is -2.73. The summed E-state index contributed by atoms with van der Waals surface area (Å²) in [5.74, 6) is -0.674. The molecule has 2 rings (SSSR count). The van der Waals surface area contributed by atoms with Crippen molar-refractivity contribution in [3.8, 4) is 0 Å². The summed E-state index contributed by atoms with van der Waals surface area (Å²) in [6, 6.07) is 14.5. The number of hydrogen-bond acceptors (Lipinski definition) is 3. The van der Waals surface area contributed by atoms with Crippen LogP contribution < -0.4 is 16.2 Å². The van der Waals surface area contributed by atoms with Crippen LogP contribution in [0.3, 0.4) is 0 Å². The number of carbonyl (C=O) groups is 2. The molecule has 0 aliphatic carbocycles. The van der Waals surface area contributed by atoms with Crippen molar-refractivity contribution in [1.82, 2.24) is 16.2 Å². The number of rotatable bonds is 2. The first-order valence-electron chi connectivity index (χ1n) is 8.26. The van der Waals surface area contributed by atoms with Gasteiger partial charge in [-0.1, -0.05) is 50.6 Å². The van der Waals surface area contributed by atoms with E-state index in [1.54, 1.807) is 30.3 Å². The van der Waals surface area contributed by atoms with Gasteiger partial charge in [-0.25, -0.2) is 0 Å². The fraction of sp³-hybridized carbons (Fsp3) is 0.250. The van der Waals surface area contributed by atoms with Crippen LogP contribution in [0, 0.1) is 6.92 Å². The molecule has 0 aromatic heterocycles. The number of aryl methyl sites for hydroxylation is 1. The summed E-state index contributed by atoms with van der Waals surface area (Å²) in [6.07, 6.45) is 0. The Morgan fingerprint density at radius 3 is 2.12 bits per heavy atom. The van der Waals surface area contributed by atoms with Gasteiger partial charge >= 0.3 is 0 Å². The van der Waals surface area contributed by atoms with Crippen LogP contribution in [0.15, 0.2) is 48.5 Å². The molecule has 0 saturated carbocycles. The highest BCUT2D eigenvalue weighted by Crippen LogP contribution is 2.22. The first kappa shape index (κ1) is 19.6. The smallest absolute Gasteiger partial charge is 0.269 e. The fourth-order valence-corrected chi connectivity index (χ4v) is 2.44. The van der Waals surface area contributed by atoms with Crippen LogP contribution in [0.5, 0.6) is 0 Å². The minimum atomic E-state index is -0.340. The van der Waals surface area contributed by atoms with E-state index >= 15 is 0 Å². The Balaban J connectivity index is 1.89. The first-order valence-corrected chi connectivity index (χ1v) is 8.66. The number of nitrogens with one attached hydrogen (secondary N) is 3. The van der Waals surface area contributed by atoms with Gasteiger partial charge in [0.2, 0.25) is 0 Å². The Morgan fingerprint density at radius 2 is 1.54 bits per heavy atom. The van der Waals surface area contributed by atoms with Gasteiger partial charge < -0.3 is 0 Å². The zero-order chi connectivity index (χ0) is 19.3. The normalized spacial score (nSPS) is 10.8. The lowest BCUT2D eigenvalue weighted by Gasteiger charge is -2.19. The molecular weight excluding hydrogens is 346 g/mol. The molecule has 3 N–H and O–H groups in total. The molecule has 0 unspecified atom stereocenters. The third-order valence-corrected chi connectivity index (χ3v) is 4.01. The highest BCUT2D eigenvalue weighted by molar-refractivity contribution is 7.80. The Morgan fingerprint density at radius 1 is 0.885 bits per heavy atom. The lowest BCUT2D eigenvalue weighted by atomic mass is 9.87. The monoisotopic (exact) mass is 369 g/mol. The standard InChI is InChI=1S/C20H23N3O2S/c1-13-6-5-7-15(12-13)18(25)22-23-19(26)21-17(24)14-8-10-16(11-9-14)20(2,3)4/h5-12H,1-4H3,(H,22,25)(H2,21,23,24,26). The number of thiocarbonyl (C=S) groups is 1. The molecule has 0 saturated heterocycles. The van der Waals surface area contributed by atoms with Crippen LogP contribution in [0.4, 0.5) is 0 Å². The minimum Gasteiger partial charge on any atom is -0.298 e. The van der Waals surface area contributed by atoms with Crippen molar-refractivity contribution in [3.63, 3.8) is 0 Å². The van der Waals surface area contributed by atoms with E-state index in [9.17, 15) is 9.59 Å². The average Bonchev–Trinajstić information content (AvgIpc) is 2.59. The van der Waals surface area contributed by atoms with Gasteiger partial charge in [-0.2, -0.15) is 0 Å². The van der Waals surface area contributed by atoms with E-state index in [2.05, 4.69) is 36.9 Å². The third-order valence-electron chi connectivity index (χ3n) is 3.81. The second kappa shape index (κ2) is 8.10. The maximum Gasteiger partial charge on any atom is 0.269 e. The maximum absolute atomic E-state index is 12.2. The van der Waals surface area contributed by atoms with Gasteiger partial charge in [0.15, 0.2) is 5.11 Å². The first-order chi connectivity index (χ1) is 12.2. The molecule has 2 amide bonds. The molecule has 2 aromatic rings. The molecular formula is C20H23N3O2S. The number of hydrazine groups is 1. The SMILES string of the molecule is Cc1cccc(C(=O)NNC(=S)NC(=O)c2ccc(C(C)(C)C)cc2)c1. The Bertz CT molecular complexity index is 824. The zero-order valence-corrected chi connectivity index (χ0v) is 16.2. The molecule has 0 heterocycles. The molecule has 0 fully saturated rings. The summed E-state index contributed by atoms with van der Waals surface area (Å²) in [5.41, 5.74) is 8.14. The maximum atomic E-state index is 12.2. The molecule has 0 aliphatic rings. The summed E-state index contributed by atoms with van der Waals surface area (Å²) in [6.45, 7) is 8.23. The molecule has 5 nitrogen and oxygen atoms in total.